The van der Waals surface area contributed by atoms with Gasteiger partial charge in [0.05, 0.1) is 10.9 Å². The van der Waals surface area contributed by atoms with Gasteiger partial charge < -0.3 is 19.7 Å². The summed E-state index contributed by atoms with van der Waals surface area (Å²) in [6, 6.07) is 5.77. The molecule has 148 valence electrons. The van der Waals surface area contributed by atoms with E-state index in [2.05, 4.69) is 0 Å². The molecule has 1 saturated carbocycles. The number of pyridine rings is 1. The van der Waals surface area contributed by atoms with Crippen LogP contribution in [0.5, 0.6) is 5.75 Å². The molecule has 0 saturated heterocycles. The minimum Gasteiger partial charge on any atom is -0.508 e. The predicted octanol–water partition coefficient (Wildman–Crippen LogP) is 3.54. The van der Waals surface area contributed by atoms with Gasteiger partial charge in [-0.15, -0.1) is 0 Å². The van der Waals surface area contributed by atoms with Crippen molar-refractivity contribution in [2.24, 2.45) is 0 Å². The van der Waals surface area contributed by atoms with Crippen LogP contribution in [0.2, 0.25) is 0 Å². The molecule has 0 radical (unpaired) electrons. The van der Waals surface area contributed by atoms with E-state index in [1.807, 2.05) is 0 Å². The van der Waals surface area contributed by atoms with Gasteiger partial charge in [-0.25, -0.2) is 13.6 Å². The Morgan fingerprint density at radius 2 is 1.93 bits per heavy atom. The molecule has 3 aromatic rings. The zero-order chi connectivity index (χ0) is 20.4. The number of phenolic OH excluding ortho intramolecular Hbond substituents is 1. The molecule has 1 aliphatic heterocycles. The molecule has 0 unspecified atom stereocenters. The normalized spacial score (nSPS) is 15.7. The molecule has 1 fully saturated rings. The molecule has 0 bridgehead atoms. The topological polar surface area (TPSA) is 82.8 Å². The number of aromatic hydroxyl groups is 1. The third kappa shape index (κ3) is 2.59. The highest BCUT2D eigenvalue weighted by molar-refractivity contribution is 5.94. The number of aromatic carboxylic acids is 1. The third-order valence-corrected chi connectivity index (χ3v) is 5.63. The fraction of sp³-hybridized carbons (Fsp3) is 0.238. The molecule has 29 heavy (non-hydrogen) atoms. The molecule has 1 aromatic heterocycles. The van der Waals surface area contributed by atoms with E-state index in [-0.39, 0.29) is 41.5 Å². The van der Waals surface area contributed by atoms with Crippen molar-refractivity contribution >= 4 is 22.6 Å². The maximum atomic E-state index is 15.6. The van der Waals surface area contributed by atoms with Crippen molar-refractivity contribution in [2.45, 2.75) is 32.0 Å². The Morgan fingerprint density at radius 1 is 1.17 bits per heavy atom. The van der Waals surface area contributed by atoms with E-state index in [4.69, 9.17) is 0 Å². The number of aromatic nitrogens is 1. The van der Waals surface area contributed by atoms with E-state index in [0.717, 1.165) is 30.7 Å². The molecule has 0 atom stereocenters. The number of anilines is 1. The lowest BCUT2D eigenvalue weighted by molar-refractivity contribution is 0.0694. The molecular weight excluding hydrogens is 382 g/mol. The molecule has 2 N–H and O–H groups in total. The van der Waals surface area contributed by atoms with Crippen LogP contribution in [0, 0.1) is 11.6 Å². The molecule has 0 amide bonds. The first-order chi connectivity index (χ1) is 13.9. The molecule has 5 rings (SSSR count). The van der Waals surface area contributed by atoms with Gasteiger partial charge in [0.1, 0.15) is 22.8 Å². The summed E-state index contributed by atoms with van der Waals surface area (Å²) in [5, 5.41) is 19.1. The van der Waals surface area contributed by atoms with Gasteiger partial charge in [0.25, 0.3) is 0 Å². The van der Waals surface area contributed by atoms with Crippen LogP contribution in [0.1, 0.15) is 40.4 Å². The second kappa shape index (κ2) is 6.04. The van der Waals surface area contributed by atoms with Crippen LogP contribution in [0.25, 0.3) is 10.9 Å². The van der Waals surface area contributed by atoms with Crippen molar-refractivity contribution in [3.63, 3.8) is 0 Å². The molecule has 6 nitrogen and oxygen atoms in total. The molecule has 2 aliphatic rings. The molecular formula is C21H16F2N2O4. The van der Waals surface area contributed by atoms with Crippen molar-refractivity contribution in [3.05, 3.63) is 69.0 Å². The number of carbonyl (C=O) groups is 1. The second-order valence-corrected chi connectivity index (χ2v) is 7.50. The first-order valence-corrected chi connectivity index (χ1v) is 9.21. The third-order valence-electron chi connectivity index (χ3n) is 5.63. The van der Waals surface area contributed by atoms with E-state index in [1.54, 1.807) is 12.1 Å². The lowest BCUT2D eigenvalue weighted by Gasteiger charge is -2.22. The zero-order valence-electron chi connectivity index (χ0n) is 15.2. The van der Waals surface area contributed by atoms with Gasteiger partial charge in [-0.05, 0) is 30.5 Å². The highest BCUT2D eigenvalue weighted by Gasteiger charge is 2.32. The summed E-state index contributed by atoms with van der Waals surface area (Å²) in [5.74, 6) is -3.20. The highest BCUT2D eigenvalue weighted by atomic mass is 19.1. The van der Waals surface area contributed by atoms with E-state index in [9.17, 15) is 24.2 Å². The van der Waals surface area contributed by atoms with E-state index < -0.39 is 28.6 Å². The number of hydrogen-bond donors (Lipinski definition) is 2. The Labute approximate surface area is 163 Å². The summed E-state index contributed by atoms with van der Waals surface area (Å²) >= 11 is 0. The van der Waals surface area contributed by atoms with Crippen LogP contribution in [0.3, 0.4) is 0 Å². The van der Waals surface area contributed by atoms with Crippen LogP contribution in [-0.4, -0.2) is 20.7 Å². The number of rotatable bonds is 3. The lowest BCUT2D eigenvalue weighted by Crippen LogP contribution is -2.22. The maximum absolute atomic E-state index is 15.6. The first-order valence-electron chi connectivity index (χ1n) is 9.21. The zero-order valence-corrected chi connectivity index (χ0v) is 15.2. The van der Waals surface area contributed by atoms with Crippen molar-refractivity contribution in [1.29, 1.82) is 0 Å². The van der Waals surface area contributed by atoms with Gasteiger partial charge in [0, 0.05) is 30.9 Å². The number of hydrogen-bond acceptors (Lipinski definition) is 4. The summed E-state index contributed by atoms with van der Waals surface area (Å²) in [7, 11) is 0. The Hall–Kier alpha value is -3.42. The van der Waals surface area contributed by atoms with Crippen LogP contribution in [0.4, 0.5) is 14.5 Å². The summed E-state index contributed by atoms with van der Waals surface area (Å²) in [4.78, 5) is 25.5. The minimum atomic E-state index is -1.43. The quantitative estimate of drug-likeness (QED) is 0.705. The lowest BCUT2D eigenvalue weighted by atomic mass is 10.1. The maximum Gasteiger partial charge on any atom is 0.341 e. The van der Waals surface area contributed by atoms with Crippen LogP contribution >= 0.6 is 0 Å². The number of phenols is 1. The van der Waals surface area contributed by atoms with Crippen molar-refractivity contribution < 1.29 is 23.8 Å². The second-order valence-electron chi connectivity index (χ2n) is 7.50. The smallest absolute Gasteiger partial charge is 0.341 e. The fourth-order valence-corrected chi connectivity index (χ4v) is 4.08. The average molecular weight is 398 g/mol. The SMILES string of the molecule is O=C(O)c1cn(C2CC2)c2c(F)c(N3Cc4cccc(O)c4C3)c(F)cc2c1=O. The van der Waals surface area contributed by atoms with Gasteiger partial charge >= 0.3 is 5.97 Å². The summed E-state index contributed by atoms with van der Waals surface area (Å²) in [6.45, 7) is 0.339. The van der Waals surface area contributed by atoms with Gasteiger partial charge in [0.2, 0.25) is 5.43 Å². The van der Waals surface area contributed by atoms with Gasteiger partial charge in [-0.2, -0.15) is 0 Å². The van der Waals surface area contributed by atoms with Crippen LogP contribution in [0.15, 0.2) is 35.3 Å². The molecule has 1 aliphatic carbocycles. The van der Waals surface area contributed by atoms with Gasteiger partial charge in [-0.1, -0.05) is 12.1 Å². The largest absolute Gasteiger partial charge is 0.508 e. The Kier molecular flexibility index (Phi) is 3.68. The number of halogens is 2. The van der Waals surface area contributed by atoms with Crippen LogP contribution in [-0.2, 0) is 13.1 Å². The molecule has 2 heterocycles. The number of carboxylic acids is 1. The summed E-state index contributed by atoms with van der Waals surface area (Å²) in [5.41, 5.74) is -0.411. The number of fused-ring (bicyclic) bond motifs is 2. The Morgan fingerprint density at radius 3 is 2.59 bits per heavy atom. The Bertz CT molecular complexity index is 1260. The predicted molar refractivity (Wildman–Crippen MR) is 101 cm³/mol. The molecule has 8 heteroatoms. The number of nitrogens with zero attached hydrogens (tertiary/aromatic N) is 2. The summed E-state index contributed by atoms with van der Waals surface area (Å²) < 4.78 is 32.0. The van der Waals surface area contributed by atoms with E-state index in [0.29, 0.717) is 5.56 Å². The highest BCUT2D eigenvalue weighted by Crippen LogP contribution is 2.41. The molecule has 2 aromatic carbocycles. The standard InChI is InChI=1S/C21H16F2N2O4/c22-15-6-12-18(25(11-4-5-11)9-14(20(12)27)21(28)29)17(23)19(15)24-7-10-2-1-3-16(26)13(10)8-24/h1-3,6,9,11,26H,4-5,7-8H2,(H,28,29). The Balaban J connectivity index is 1.74. The van der Waals surface area contributed by atoms with Crippen molar-refractivity contribution in [3.8, 4) is 5.75 Å². The minimum absolute atomic E-state index is 0.0626. The number of carboxylic acid groups (broad SMARTS) is 1. The van der Waals surface area contributed by atoms with Crippen molar-refractivity contribution in [1.82, 2.24) is 4.57 Å². The average Bonchev–Trinajstić information content (AvgIpc) is 3.42. The van der Waals surface area contributed by atoms with Gasteiger partial charge in [0.15, 0.2) is 5.82 Å². The van der Waals surface area contributed by atoms with Gasteiger partial charge in [-0.3, -0.25) is 4.79 Å². The number of benzene rings is 2. The van der Waals surface area contributed by atoms with Crippen molar-refractivity contribution in [2.75, 3.05) is 4.90 Å². The fourth-order valence-electron chi connectivity index (χ4n) is 4.08. The van der Waals surface area contributed by atoms with Crippen LogP contribution < -0.4 is 10.3 Å². The van der Waals surface area contributed by atoms with E-state index >= 15 is 4.39 Å². The first kappa shape index (κ1) is 17.7. The molecule has 0 spiro atoms. The summed E-state index contributed by atoms with van der Waals surface area (Å²) in [6.07, 6.45) is 2.61. The van der Waals surface area contributed by atoms with E-state index in [1.165, 1.54) is 15.5 Å². The monoisotopic (exact) mass is 398 g/mol.